The molecule has 0 bridgehead atoms. The molecule has 2 N–H and O–H groups in total. The number of nitrogens with one attached hydrogen (secondary N) is 1. The average Bonchev–Trinajstić information content (AvgIpc) is 2.38. The second-order valence-corrected chi connectivity index (χ2v) is 4.66. The van der Waals surface area contributed by atoms with Gasteiger partial charge in [-0.1, -0.05) is 30.3 Å². The lowest BCUT2D eigenvalue weighted by molar-refractivity contribution is -0.139. The lowest BCUT2D eigenvalue weighted by Gasteiger charge is -2.20. The van der Waals surface area contributed by atoms with Crippen LogP contribution in [0.15, 0.2) is 30.3 Å². The van der Waals surface area contributed by atoms with Crippen molar-refractivity contribution in [3.8, 4) is 0 Å². The Hall–Kier alpha value is -1.88. The highest BCUT2D eigenvalue weighted by Crippen LogP contribution is 2.15. The third-order valence-electron chi connectivity index (χ3n) is 2.94. The SMILES string of the molecule is CC(NCC(C(=O)O)c1ccccc1)C(=O)N(C)C. The second-order valence-electron chi connectivity index (χ2n) is 4.66. The van der Waals surface area contributed by atoms with Gasteiger partial charge in [0.25, 0.3) is 0 Å². The molecule has 0 aliphatic heterocycles. The number of hydrogen-bond donors (Lipinski definition) is 2. The number of rotatable bonds is 6. The lowest BCUT2D eigenvalue weighted by atomic mass is 9.99. The van der Waals surface area contributed by atoms with Gasteiger partial charge in [0.1, 0.15) is 0 Å². The highest BCUT2D eigenvalue weighted by Gasteiger charge is 2.22. The number of likely N-dealkylation sites (N-methyl/N-ethyl adjacent to an activating group) is 1. The molecule has 1 amide bonds. The van der Waals surface area contributed by atoms with Crippen LogP contribution in [-0.4, -0.2) is 48.6 Å². The van der Waals surface area contributed by atoms with Gasteiger partial charge in [-0.05, 0) is 12.5 Å². The van der Waals surface area contributed by atoms with E-state index in [2.05, 4.69) is 5.32 Å². The lowest BCUT2D eigenvalue weighted by Crippen LogP contribution is -2.43. The minimum Gasteiger partial charge on any atom is -0.481 e. The molecule has 1 aromatic carbocycles. The first-order valence-corrected chi connectivity index (χ1v) is 6.15. The maximum absolute atomic E-state index is 11.7. The average molecular weight is 264 g/mol. The predicted octanol–water partition coefficient (Wildman–Crippen LogP) is 0.921. The number of amides is 1. The first-order valence-electron chi connectivity index (χ1n) is 6.15. The van der Waals surface area contributed by atoms with Crippen LogP contribution in [0.25, 0.3) is 0 Å². The van der Waals surface area contributed by atoms with Crippen LogP contribution in [-0.2, 0) is 9.59 Å². The van der Waals surface area contributed by atoms with Gasteiger partial charge in [-0.3, -0.25) is 9.59 Å². The van der Waals surface area contributed by atoms with Crippen LogP contribution in [0, 0.1) is 0 Å². The molecule has 5 heteroatoms. The van der Waals surface area contributed by atoms with E-state index in [1.165, 1.54) is 4.90 Å². The highest BCUT2D eigenvalue weighted by molar-refractivity contribution is 5.81. The smallest absolute Gasteiger partial charge is 0.312 e. The summed E-state index contributed by atoms with van der Waals surface area (Å²) in [6.45, 7) is 1.95. The summed E-state index contributed by atoms with van der Waals surface area (Å²) in [5.74, 6) is -1.63. The van der Waals surface area contributed by atoms with Crippen molar-refractivity contribution in [1.82, 2.24) is 10.2 Å². The zero-order valence-corrected chi connectivity index (χ0v) is 11.5. The third kappa shape index (κ3) is 4.37. The monoisotopic (exact) mass is 264 g/mol. The number of carboxylic acid groups (broad SMARTS) is 1. The Morgan fingerprint density at radius 1 is 1.26 bits per heavy atom. The fourth-order valence-corrected chi connectivity index (χ4v) is 1.80. The Morgan fingerprint density at radius 3 is 2.32 bits per heavy atom. The number of carbonyl (C=O) groups excluding carboxylic acids is 1. The quantitative estimate of drug-likeness (QED) is 0.801. The molecule has 0 saturated carbocycles. The van der Waals surface area contributed by atoms with E-state index in [9.17, 15) is 14.7 Å². The Labute approximate surface area is 113 Å². The molecule has 2 unspecified atom stereocenters. The molecule has 0 aromatic heterocycles. The fraction of sp³-hybridized carbons (Fsp3) is 0.429. The van der Waals surface area contributed by atoms with Crippen molar-refractivity contribution in [1.29, 1.82) is 0 Å². The first-order chi connectivity index (χ1) is 8.93. The Morgan fingerprint density at radius 2 is 1.84 bits per heavy atom. The molecule has 0 heterocycles. The van der Waals surface area contributed by atoms with Gasteiger partial charge in [-0.25, -0.2) is 0 Å². The molecule has 0 aliphatic rings. The maximum Gasteiger partial charge on any atom is 0.312 e. The van der Waals surface area contributed by atoms with Crippen molar-refractivity contribution >= 4 is 11.9 Å². The number of aliphatic carboxylic acids is 1. The molecule has 0 aliphatic carbocycles. The molecule has 5 nitrogen and oxygen atoms in total. The highest BCUT2D eigenvalue weighted by atomic mass is 16.4. The van der Waals surface area contributed by atoms with Crippen LogP contribution in [0.1, 0.15) is 18.4 Å². The predicted molar refractivity (Wildman–Crippen MR) is 73.0 cm³/mol. The van der Waals surface area contributed by atoms with Gasteiger partial charge < -0.3 is 15.3 Å². The van der Waals surface area contributed by atoms with Gasteiger partial charge in [-0.2, -0.15) is 0 Å². The number of benzene rings is 1. The van der Waals surface area contributed by atoms with Crippen molar-refractivity contribution in [3.63, 3.8) is 0 Å². The summed E-state index contributed by atoms with van der Waals surface area (Å²) in [7, 11) is 3.35. The van der Waals surface area contributed by atoms with Crippen LogP contribution in [0.4, 0.5) is 0 Å². The van der Waals surface area contributed by atoms with Crippen molar-refractivity contribution in [2.75, 3.05) is 20.6 Å². The van der Waals surface area contributed by atoms with Crippen molar-refractivity contribution in [2.24, 2.45) is 0 Å². The summed E-state index contributed by atoms with van der Waals surface area (Å²) in [6, 6.07) is 8.60. The second kappa shape index (κ2) is 6.89. The molecule has 1 aromatic rings. The molecule has 1 rings (SSSR count). The summed E-state index contributed by atoms with van der Waals surface area (Å²) >= 11 is 0. The summed E-state index contributed by atoms with van der Waals surface area (Å²) in [5.41, 5.74) is 0.729. The molecule has 104 valence electrons. The number of nitrogens with zero attached hydrogens (tertiary/aromatic N) is 1. The van der Waals surface area contributed by atoms with Gasteiger partial charge >= 0.3 is 5.97 Å². The molecular weight excluding hydrogens is 244 g/mol. The van der Waals surface area contributed by atoms with Crippen LogP contribution in [0.2, 0.25) is 0 Å². The Balaban J connectivity index is 2.67. The summed E-state index contributed by atoms with van der Waals surface area (Å²) < 4.78 is 0. The molecule has 0 fully saturated rings. The van der Waals surface area contributed by atoms with E-state index in [-0.39, 0.29) is 12.5 Å². The first kappa shape index (κ1) is 15.2. The van der Waals surface area contributed by atoms with Gasteiger partial charge in [0.15, 0.2) is 0 Å². The van der Waals surface area contributed by atoms with E-state index in [4.69, 9.17) is 0 Å². The number of carbonyl (C=O) groups is 2. The van der Waals surface area contributed by atoms with Crippen LogP contribution in [0.5, 0.6) is 0 Å². The molecule has 19 heavy (non-hydrogen) atoms. The number of carboxylic acids is 1. The number of hydrogen-bond acceptors (Lipinski definition) is 3. The van der Waals surface area contributed by atoms with E-state index in [1.54, 1.807) is 45.3 Å². The van der Waals surface area contributed by atoms with Crippen molar-refractivity contribution in [2.45, 2.75) is 18.9 Å². The van der Waals surface area contributed by atoms with E-state index >= 15 is 0 Å². The summed E-state index contributed by atoms with van der Waals surface area (Å²) in [5, 5.41) is 12.2. The van der Waals surface area contributed by atoms with Crippen LogP contribution in [0.3, 0.4) is 0 Å². The summed E-state index contributed by atoms with van der Waals surface area (Å²) in [4.78, 5) is 24.4. The summed E-state index contributed by atoms with van der Waals surface area (Å²) in [6.07, 6.45) is 0. The molecule has 2 atom stereocenters. The largest absolute Gasteiger partial charge is 0.481 e. The van der Waals surface area contributed by atoms with E-state index in [0.29, 0.717) is 0 Å². The van der Waals surface area contributed by atoms with Crippen molar-refractivity contribution in [3.05, 3.63) is 35.9 Å². The molecule has 0 spiro atoms. The topological polar surface area (TPSA) is 69.6 Å². The van der Waals surface area contributed by atoms with Crippen LogP contribution < -0.4 is 5.32 Å². The fourth-order valence-electron chi connectivity index (χ4n) is 1.80. The zero-order chi connectivity index (χ0) is 14.4. The van der Waals surface area contributed by atoms with E-state index in [1.807, 2.05) is 6.07 Å². The normalized spacial score (nSPS) is 13.6. The minimum atomic E-state index is -0.900. The van der Waals surface area contributed by atoms with Crippen LogP contribution >= 0.6 is 0 Å². The standard InChI is InChI=1S/C14H20N2O3/c1-10(13(17)16(2)3)15-9-12(14(18)19)11-7-5-4-6-8-11/h4-8,10,12,15H,9H2,1-3H3,(H,18,19). The van der Waals surface area contributed by atoms with E-state index in [0.717, 1.165) is 5.56 Å². The van der Waals surface area contributed by atoms with Gasteiger partial charge in [0, 0.05) is 20.6 Å². The maximum atomic E-state index is 11.7. The Bertz CT molecular complexity index is 432. The zero-order valence-electron chi connectivity index (χ0n) is 11.5. The Kier molecular flexibility index (Phi) is 5.51. The van der Waals surface area contributed by atoms with Gasteiger partial charge in [0.2, 0.25) is 5.91 Å². The van der Waals surface area contributed by atoms with Gasteiger partial charge in [0.05, 0.1) is 12.0 Å². The minimum absolute atomic E-state index is 0.0720. The molecule has 0 radical (unpaired) electrons. The third-order valence-corrected chi connectivity index (χ3v) is 2.94. The van der Waals surface area contributed by atoms with Gasteiger partial charge in [-0.15, -0.1) is 0 Å². The van der Waals surface area contributed by atoms with Crippen molar-refractivity contribution < 1.29 is 14.7 Å². The molecular formula is C14H20N2O3. The van der Waals surface area contributed by atoms with E-state index < -0.39 is 17.9 Å². The molecule has 0 saturated heterocycles.